The van der Waals surface area contributed by atoms with Crippen LogP contribution in [0.4, 0.5) is 15.8 Å². The number of carbonyl (C=O) groups excluding carboxylic acids is 1. The summed E-state index contributed by atoms with van der Waals surface area (Å²) in [6, 6.07) is 25.8. The molecule has 1 amide bonds. The third-order valence-electron chi connectivity index (χ3n) is 6.74. The maximum absolute atomic E-state index is 13.1. The van der Waals surface area contributed by atoms with Crippen LogP contribution in [0.2, 0.25) is 0 Å². The summed E-state index contributed by atoms with van der Waals surface area (Å²) >= 11 is 0. The van der Waals surface area contributed by atoms with Crippen LogP contribution < -0.4 is 10.0 Å². The zero-order valence-electron chi connectivity index (χ0n) is 20.2. The summed E-state index contributed by atoms with van der Waals surface area (Å²) in [5.41, 5.74) is 2.12. The van der Waals surface area contributed by atoms with Crippen LogP contribution in [0.5, 0.6) is 0 Å². The van der Waals surface area contributed by atoms with E-state index in [-0.39, 0.29) is 22.5 Å². The molecule has 0 unspecified atom stereocenters. The molecule has 0 aliphatic carbocycles. The van der Waals surface area contributed by atoms with E-state index in [0.29, 0.717) is 11.4 Å². The van der Waals surface area contributed by atoms with Crippen molar-refractivity contribution in [3.05, 3.63) is 102 Å². The molecule has 1 aliphatic rings. The number of carbonyl (C=O) groups is 1. The predicted molar refractivity (Wildman–Crippen MR) is 144 cm³/mol. The molecule has 0 atom stereocenters. The van der Waals surface area contributed by atoms with E-state index in [9.17, 15) is 17.6 Å². The lowest BCUT2D eigenvalue weighted by Gasteiger charge is -2.31. The molecule has 1 saturated heterocycles. The first-order valence-corrected chi connectivity index (χ1v) is 13.7. The number of nitrogens with one attached hydrogen (secondary N) is 2. The highest BCUT2D eigenvalue weighted by Crippen LogP contribution is 2.26. The average Bonchev–Trinajstić information content (AvgIpc) is 2.91. The van der Waals surface area contributed by atoms with Gasteiger partial charge in [-0.05, 0) is 79.3 Å². The average molecular weight is 518 g/mol. The van der Waals surface area contributed by atoms with Crippen molar-refractivity contribution in [3.8, 4) is 0 Å². The minimum Gasteiger partial charge on any atom is -0.326 e. The van der Waals surface area contributed by atoms with Crippen LogP contribution in [-0.4, -0.2) is 32.3 Å². The van der Waals surface area contributed by atoms with Crippen LogP contribution in [0, 0.1) is 11.7 Å². The van der Waals surface area contributed by atoms with Crippen molar-refractivity contribution in [1.82, 2.24) is 4.90 Å². The second kappa shape index (κ2) is 10.7. The molecule has 37 heavy (non-hydrogen) atoms. The maximum Gasteiger partial charge on any atom is 0.261 e. The largest absolute Gasteiger partial charge is 0.326 e. The number of rotatable bonds is 7. The summed E-state index contributed by atoms with van der Waals surface area (Å²) in [6.07, 6.45) is 1.46. The van der Waals surface area contributed by atoms with Gasteiger partial charge in [0.2, 0.25) is 5.91 Å². The lowest BCUT2D eigenvalue weighted by molar-refractivity contribution is -0.121. The molecule has 0 bridgehead atoms. The monoisotopic (exact) mass is 517 g/mol. The molecule has 1 aliphatic heterocycles. The van der Waals surface area contributed by atoms with Gasteiger partial charge in [-0.2, -0.15) is 0 Å². The number of anilines is 2. The highest BCUT2D eigenvalue weighted by molar-refractivity contribution is 7.92. The number of hydrogen-bond acceptors (Lipinski definition) is 4. The summed E-state index contributed by atoms with van der Waals surface area (Å²) in [5.74, 6) is -0.419. The van der Waals surface area contributed by atoms with Crippen molar-refractivity contribution in [1.29, 1.82) is 0 Å². The van der Waals surface area contributed by atoms with Crippen molar-refractivity contribution >= 4 is 38.1 Å². The minimum atomic E-state index is -3.79. The third-order valence-corrected chi connectivity index (χ3v) is 8.13. The Kier molecular flexibility index (Phi) is 7.21. The first kappa shape index (κ1) is 24.9. The number of likely N-dealkylation sites (tertiary alicyclic amines) is 1. The number of nitrogens with zero attached hydrogens (tertiary/aromatic N) is 1. The van der Waals surface area contributed by atoms with Crippen molar-refractivity contribution in [2.24, 2.45) is 5.92 Å². The third kappa shape index (κ3) is 5.98. The zero-order chi connectivity index (χ0) is 25.8. The lowest BCUT2D eigenvalue weighted by Crippen LogP contribution is -2.37. The molecule has 0 saturated carbocycles. The van der Waals surface area contributed by atoms with Crippen molar-refractivity contribution in [2.75, 3.05) is 23.1 Å². The van der Waals surface area contributed by atoms with Gasteiger partial charge in [-0.25, -0.2) is 12.8 Å². The van der Waals surface area contributed by atoms with Gasteiger partial charge in [-0.3, -0.25) is 14.4 Å². The van der Waals surface area contributed by atoms with Crippen molar-refractivity contribution in [3.63, 3.8) is 0 Å². The molecule has 0 radical (unpaired) electrons. The minimum absolute atomic E-state index is 0.0640. The number of sulfonamides is 1. The summed E-state index contributed by atoms with van der Waals surface area (Å²) in [4.78, 5) is 15.2. The van der Waals surface area contributed by atoms with Crippen LogP contribution >= 0.6 is 0 Å². The Balaban J connectivity index is 1.17. The van der Waals surface area contributed by atoms with Gasteiger partial charge in [0.1, 0.15) is 5.82 Å². The normalized spacial score (nSPS) is 14.9. The molecule has 4 aromatic carbocycles. The summed E-state index contributed by atoms with van der Waals surface area (Å²) in [6.45, 7) is 2.30. The molecular formula is C29H28FN3O3S. The Morgan fingerprint density at radius 1 is 0.865 bits per heavy atom. The van der Waals surface area contributed by atoms with E-state index < -0.39 is 10.0 Å². The zero-order valence-corrected chi connectivity index (χ0v) is 21.0. The van der Waals surface area contributed by atoms with Gasteiger partial charge in [0.05, 0.1) is 10.6 Å². The van der Waals surface area contributed by atoms with Gasteiger partial charge in [-0.1, -0.05) is 48.5 Å². The van der Waals surface area contributed by atoms with E-state index >= 15 is 0 Å². The highest BCUT2D eigenvalue weighted by atomic mass is 32.2. The smallest absolute Gasteiger partial charge is 0.261 e. The molecule has 4 aromatic rings. The second-order valence-electron chi connectivity index (χ2n) is 9.32. The number of piperidine rings is 1. The quantitative estimate of drug-likeness (QED) is 0.333. The Bertz CT molecular complexity index is 1490. The van der Waals surface area contributed by atoms with E-state index in [1.54, 1.807) is 30.3 Å². The van der Waals surface area contributed by atoms with Crippen LogP contribution in [0.15, 0.2) is 95.9 Å². The molecule has 5 rings (SSSR count). The molecule has 0 spiro atoms. The van der Waals surface area contributed by atoms with E-state index in [1.807, 2.05) is 36.4 Å². The first-order chi connectivity index (χ1) is 17.9. The number of hydrogen-bond donors (Lipinski definition) is 2. The van der Waals surface area contributed by atoms with Gasteiger partial charge in [0.25, 0.3) is 10.0 Å². The Hall–Kier alpha value is -3.75. The van der Waals surface area contributed by atoms with Crippen LogP contribution in [0.3, 0.4) is 0 Å². The second-order valence-corrected chi connectivity index (χ2v) is 11.0. The molecule has 1 fully saturated rings. The summed E-state index contributed by atoms with van der Waals surface area (Å²) in [7, 11) is -3.79. The van der Waals surface area contributed by atoms with Gasteiger partial charge >= 0.3 is 0 Å². The van der Waals surface area contributed by atoms with E-state index in [2.05, 4.69) is 14.9 Å². The van der Waals surface area contributed by atoms with Gasteiger partial charge in [-0.15, -0.1) is 0 Å². The molecular weight excluding hydrogens is 489 g/mol. The SMILES string of the molecule is O=C(Nc1ccc(S(=O)(=O)Nc2cccc3ccccc23)cc1)C1CCN(Cc2ccc(F)cc2)CC1. The topological polar surface area (TPSA) is 78.5 Å². The Morgan fingerprint density at radius 2 is 1.54 bits per heavy atom. The fourth-order valence-corrected chi connectivity index (χ4v) is 5.76. The van der Waals surface area contributed by atoms with Gasteiger partial charge in [0.15, 0.2) is 0 Å². The molecule has 6 nitrogen and oxygen atoms in total. The molecule has 0 aromatic heterocycles. The first-order valence-electron chi connectivity index (χ1n) is 12.3. The number of fused-ring (bicyclic) bond motifs is 1. The standard InChI is InChI=1S/C29H28FN3O3S/c30-24-10-8-21(9-11-24)20-33-18-16-23(17-19-33)29(34)31-25-12-14-26(15-13-25)37(35,36)32-28-7-3-5-22-4-1-2-6-27(22)28/h1-15,23,32H,16-20H2,(H,31,34). The van der Waals surface area contributed by atoms with Gasteiger partial charge in [0, 0.05) is 23.5 Å². The van der Waals surface area contributed by atoms with E-state index in [1.165, 1.54) is 24.3 Å². The molecule has 1 heterocycles. The number of halogens is 1. The van der Waals surface area contributed by atoms with E-state index in [4.69, 9.17) is 0 Å². The fraction of sp³-hybridized carbons (Fsp3) is 0.207. The molecule has 2 N–H and O–H groups in total. The van der Waals surface area contributed by atoms with Crippen LogP contribution in [-0.2, 0) is 21.4 Å². The highest BCUT2D eigenvalue weighted by Gasteiger charge is 2.25. The van der Waals surface area contributed by atoms with Crippen LogP contribution in [0.25, 0.3) is 10.8 Å². The molecule has 190 valence electrons. The maximum atomic E-state index is 13.1. The van der Waals surface area contributed by atoms with Gasteiger partial charge < -0.3 is 5.32 Å². The Morgan fingerprint density at radius 3 is 2.27 bits per heavy atom. The Labute approximate surface area is 216 Å². The van der Waals surface area contributed by atoms with Crippen molar-refractivity contribution < 1.29 is 17.6 Å². The van der Waals surface area contributed by atoms with Crippen molar-refractivity contribution in [2.45, 2.75) is 24.3 Å². The summed E-state index contributed by atoms with van der Waals surface area (Å²) < 4.78 is 41.8. The number of benzene rings is 4. The van der Waals surface area contributed by atoms with Crippen LogP contribution in [0.1, 0.15) is 18.4 Å². The fourth-order valence-electron chi connectivity index (χ4n) is 4.68. The summed E-state index contributed by atoms with van der Waals surface area (Å²) in [5, 5.41) is 4.69. The van der Waals surface area contributed by atoms with E-state index in [0.717, 1.165) is 48.8 Å². The lowest BCUT2D eigenvalue weighted by atomic mass is 9.95. The number of amides is 1. The predicted octanol–water partition coefficient (Wildman–Crippen LogP) is 5.63. The molecule has 8 heteroatoms.